The van der Waals surface area contributed by atoms with Gasteiger partial charge in [-0.1, -0.05) is 65.3 Å². The normalized spacial score (nSPS) is 37.2. The monoisotopic (exact) mass is 354 g/mol. The molecule has 3 aliphatic carbocycles. The van der Waals surface area contributed by atoms with E-state index in [1.165, 1.54) is 6.42 Å². The number of carbonyl (C=O) groups excluding carboxylic acids is 2. The van der Waals surface area contributed by atoms with Gasteiger partial charge in [-0.05, 0) is 41.6 Å². The molecular weight excluding hydrogens is 324 g/mol. The molecule has 140 valence electrons. The van der Waals surface area contributed by atoms with Crippen LogP contribution in [0.3, 0.4) is 0 Å². The topological polar surface area (TPSA) is 43.4 Å². The van der Waals surface area contributed by atoms with Gasteiger partial charge in [-0.15, -0.1) is 0 Å². The van der Waals surface area contributed by atoms with Crippen molar-refractivity contribution in [2.45, 2.75) is 65.4 Å². The number of ether oxygens (including phenoxy) is 1. The number of esters is 1. The van der Waals surface area contributed by atoms with E-state index in [4.69, 9.17) is 4.74 Å². The SMILES string of the molecule is CC(C)[C@H]1CC[C@H](C)C[C@@H]1OC(=O)[C@@]12c3ccccc3C(=O)[C@@H]1C2(C)C. The van der Waals surface area contributed by atoms with Gasteiger partial charge in [0.25, 0.3) is 0 Å². The highest BCUT2D eigenvalue weighted by Crippen LogP contribution is 2.74. The Kier molecular flexibility index (Phi) is 3.88. The molecule has 0 unspecified atom stereocenters. The Balaban J connectivity index is 1.67. The van der Waals surface area contributed by atoms with Gasteiger partial charge in [0.15, 0.2) is 5.78 Å². The molecule has 0 radical (unpaired) electrons. The van der Waals surface area contributed by atoms with Gasteiger partial charge in [-0.25, -0.2) is 0 Å². The second kappa shape index (κ2) is 5.68. The molecule has 0 bridgehead atoms. The summed E-state index contributed by atoms with van der Waals surface area (Å²) in [5.41, 5.74) is 0.465. The molecule has 0 spiro atoms. The molecule has 0 aliphatic heterocycles. The third kappa shape index (κ3) is 2.12. The van der Waals surface area contributed by atoms with Crippen LogP contribution < -0.4 is 0 Å². The lowest BCUT2D eigenvalue weighted by molar-refractivity contribution is -0.160. The van der Waals surface area contributed by atoms with Crippen molar-refractivity contribution >= 4 is 11.8 Å². The summed E-state index contributed by atoms with van der Waals surface area (Å²) in [6.45, 7) is 10.8. The largest absolute Gasteiger partial charge is 0.461 e. The fraction of sp³-hybridized carbons (Fsp3) is 0.652. The van der Waals surface area contributed by atoms with Crippen LogP contribution in [0.25, 0.3) is 0 Å². The standard InChI is InChI=1S/C23H30O3/c1-13(2)15-11-10-14(3)12-18(15)26-21(25)23-17-9-7-6-8-16(17)19(24)20(23)22(23,4)5/h6-9,13-15,18,20H,10-12H2,1-5H3/t14-,15+,18-,20+,23+/m0/s1. The van der Waals surface area contributed by atoms with Crippen molar-refractivity contribution in [1.29, 1.82) is 0 Å². The Morgan fingerprint density at radius 3 is 2.58 bits per heavy atom. The first-order valence-electron chi connectivity index (χ1n) is 10.1. The minimum atomic E-state index is -0.775. The molecule has 0 N–H and O–H groups in total. The van der Waals surface area contributed by atoms with Gasteiger partial charge in [0.05, 0.1) is 0 Å². The maximum atomic E-state index is 13.5. The molecule has 2 saturated carbocycles. The molecule has 4 rings (SSSR count). The van der Waals surface area contributed by atoms with Gasteiger partial charge in [0.1, 0.15) is 11.5 Å². The van der Waals surface area contributed by atoms with Gasteiger partial charge in [-0.3, -0.25) is 9.59 Å². The van der Waals surface area contributed by atoms with Crippen LogP contribution in [0, 0.1) is 29.1 Å². The summed E-state index contributed by atoms with van der Waals surface area (Å²) in [4.78, 5) is 26.4. The highest BCUT2D eigenvalue weighted by Gasteiger charge is 2.83. The maximum Gasteiger partial charge on any atom is 0.318 e. The van der Waals surface area contributed by atoms with Crippen LogP contribution >= 0.6 is 0 Å². The number of Topliss-reactive ketones (excluding diaryl/α,β-unsaturated/α-hetero) is 1. The molecule has 0 amide bonds. The minimum Gasteiger partial charge on any atom is -0.461 e. The zero-order chi connectivity index (χ0) is 18.9. The van der Waals surface area contributed by atoms with Crippen molar-refractivity contribution in [2.75, 3.05) is 0 Å². The molecule has 26 heavy (non-hydrogen) atoms. The molecule has 0 aromatic heterocycles. The van der Waals surface area contributed by atoms with E-state index in [1.54, 1.807) is 0 Å². The van der Waals surface area contributed by atoms with E-state index in [9.17, 15) is 9.59 Å². The van der Waals surface area contributed by atoms with Gasteiger partial charge in [0.2, 0.25) is 0 Å². The van der Waals surface area contributed by atoms with Crippen molar-refractivity contribution in [3.63, 3.8) is 0 Å². The lowest BCUT2D eigenvalue weighted by Crippen LogP contribution is -2.39. The van der Waals surface area contributed by atoms with Crippen LogP contribution in [-0.4, -0.2) is 17.9 Å². The summed E-state index contributed by atoms with van der Waals surface area (Å²) < 4.78 is 6.21. The molecule has 1 aromatic carbocycles. The van der Waals surface area contributed by atoms with Crippen molar-refractivity contribution in [2.24, 2.45) is 29.1 Å². The molecule has 2 fully saturated rings. The van der Waals surface area contributed by atoms with E-state index in [0.29, 0.717) is 23.3 Å². The smallest absolute Gasteiger partial charge is 0.318 e. The first kappa shape index (κ1) is 17.8. The maximum absolute atomic E-state index is 13.5. The fourth-order valence-electron chi connectivity index (χ4n) is 5.96. The van der Waals surface area contributed by atoms with Crippen molar-refractivity contribution < 1.29 is 14.3 Å². The number of carbonyl (C=O) groups is 2. The predicted molar refractivity (Wildman–Crippen MR) is 101 cm³/mol. The quantitative estimate of drug-likeness (QED) is 0.734. The van der Waals surface area contributed by atoms with Crippen molar-refractivity contribution in [3.05, 3.63) is 35.4 Å². The summed E-state index contributed by atoms with van der Waals surface area (Å²) in [5, 5.41) is 0. The van der Waals surface area contributed by atoms with Crippen LogP contribution in [0.5, 0.6) is 0 Å². The van der Waals surface area contributed by atoms with Crippen LogP contribution in [0.1, 0.15) is 69.8 Å². The van der Waals surface area contributed by atoms with Gasteiger partial charge >= 0.3 is 5.97 Å². The van der Waals surface area contributed by atoms with Crippen LogP contribution in [0.15, 0.2) is 24.3 Å². The Morgan fingerprint density at radius 2 is 1.88 bits per heavy atom. The van der Waals surface area contributed by atoms with Crippen LogP contribution in [0.4, 0.5) is 0 Å². The van der Waals surface area contributed by atoms with E-state index in [2.05, 4.69) is 20.8 Å². The zero-order valence-electron chi connectivity index (χ0n) is 16.5. The Labute approximate surface area is 156 Å². The summed E-state index contributed by atoms with van der Waals surface area (Å²) in [6.07, 6.45) is 3.23. The van der Waals surface area contributed by atoms with E-state index in [0.717, 1.165) is 18.4 Å². The van der Waals surface area contributed by atoms with E-state index < -0.39 is 5.41 Å². The predicted octanol–water partition coefficient (Wildman–Crippen LogP) is 4.78. The van der Waals surface area contributed by atoms with E-state index in [-0.39, 0.29) is 29.2 Å². The number of fused-ring (bicyclic) bond motifs is 3. The number of hydrogen-bond acceptors (Lipinski definition) is 3. The van der Waals surface area contributed by atoms with Gasteiger partial charge < -0.3 is 4.74 Å². The Bertz CT molecular complexity index is 762. The highest BCUT2D eigenvalue weighted by molar-refractivity contribution is 6.15. The van der Waals surface area contributed by atoms with E-state index in [1.807, 2.05) is 38.1 Å². The van der Waals surface area contributed by atoms with Crippen LogP contribution in [0.2, 0.25) is 0 Å². The number of ketones is 1. The lowest BCUT2D eigenvalue weighted by Gasteiger charge is -2.37. The minimum absolute atomic E-state index is 0.0273. The molecule has 0 saturated heterocycles. The lowest BCUT2D eigenvalue weighted by atomic mass is 9.75. The average Bonchev–Trinajstić information content (AvgIpc) is 2.96. The van der Waals surface area contributed by atoms with E-state index >= 15 is 0 Å². The number of benzene rings is 1. The Hall–Kier alpha value is -1.64. The number of rotatable bonds is 3. The summed E-state index contributed by atoms with van der Waals surface area (Å²) in [6, 6.07) is 7.61. The summed E-state index contributed by atoms with van der Waals surface area (Å²) in [5.74, 6) is 1.17. The van der Waals surface area contributed by atoms with Crippen molar-refractivity contribution in [1.82, 2.24) is 0 Å². The first-order chi connectivity index (χ1) is 12.2. The Morgan fingerprint density at radius 1 is 1.19 bits per heavy atom. The zero-order valence-corrected chi connectivity index (χ0v) is 16.5. The third-order valence-corrected chi connectivity index (χ3v) is 7.51. The average molecular weight is 354 g/mol. The summed E-state index contributed by atoms with van der Waals surface area (Å²) >= 11 is 0. The first-order valence-corrected chi connectivity index (χ1v) is 10.1. The molecule has 3 nitrogen and oxygen atoms in total. The molecule has 3 aliphatic rings. The second-order valence-corrected chi connectivity index (χ2v) is 9.64. The molecule has 0 heterocycles. The molecular formula is C23H30O3. The fourth-order valence-corrected chi connectivity index (χ4v) is 5.96. The molecule has 5 atom stereocenters. The number of hydrogen-bond donors (Lipinski definition) is 0. The van der Waals surface area contributed by atoms with Crippen molar-refractivity contribution in [3.8, 4) is 0 Å². The molecule has 3 heteroatoms. The van der Waals surface area contributed by atoms with Gasteiger partial charge in [0, 0.05) is 11.5 Å². The van der Waals surface area contributed by atoms with Crippen LogP contribution in [-0.2, 0) is 14.9 Å². The summed E-state index contributed by atoms with van der Waals surface area (Å²) in [7, 11) is 0. The van der Waals surface area contributed by atoms with Gasteiger partial charge in [-0.2, -0.15) is 0 Å². The third-order valence-electron chi connectivity index (χ3n) is 7.51. The molecule has 1 aromatic rings. The highest BCUT2D eigenvalue weighted by atomic mass is 16.5. The second-order valence-electron chi connectivity index (χ2n) is 9.64.